The van der Waals surface area contributed by atoms with E-state index in [1.807, 2.05) is 62.4 Å². The number of thioether (sulfide) groups is 1. The van der Waals surface area contributed by atoms with Crippen molar-refractivity contribution in [3.05, 3.63) is 99.5 Å². The number of aliphatic hydroxyl groups excluding tert-OH is 4. The number of carbonyl (C=O) groups excluding carboxylic acids is 3. The third kappa shape index (κ3) is 10.0. The van der Waals surface area contributed by atoms with Gasteiger partial charge in [-0.2, -0.15) is 0 Å². The van der Waals surface area contributed by atoms with Crippen LogP contribution in [0.5, 0.6) is 5.75 Å². The molecule has 8 atom stereocenters. The van der Waals surface area contributed by atoms with E-state index in [9.17, 15) is 34.8 Å². The van der Waals surface area contributed by atoms with Crippen LogP contribution in [0, 0.1) is 6.92 Å². The van der Waals surface area contributed by atoms with Crippen molar-refractivity contribution >= 4 is 69.0 Å². The number of nitrogens with zero attached hydrogens (tertiary/aromatic N) is 3. The molecule has 0 radical (unpaired) electrons. The molecule has 0 spiro atoms. The number of rotatable bonds is 16. The number of aromatic nitrogens is 1. The third-order valence-corrected chi connectivity index (χ3v) is 12.1. The number of ether oxygens (including phenoxy) is 4. The van der Waals surface area contributed by atoms with E-state index in [1.165, 1.54) is 16.7 Å². The highest BCUT2D eigenvalue weighted by molar-refractivity contribution is 8.19. The lowest BCUT2D eigenvalue weighted by Gasteiger charge is -2.26. The van der Waals surface area contributed by atoms with Gasteiger partial charge in [-0.25, -0.2) is 4.79 Å². The van der Waals surface area contributed by atoms with Crippen LogP contribution in [0.1, 0.15) is 36.5 Å². The smallest absolute Gasteiger partial charge is 0.329 e. The molecule has 0 aliphatic carbocycles. The van der Waals surface area contributed by atoms with Gasteiger partial charge in [-0.15, -0.1) is 0 Å². The summed E-state index contributed by atoms with van der Waals surface area (Å²) in [4.78, 5) is 52.3. The standard InChI is InChI=1S/C44H50ClN5O11S/c1-3-14-47-44-50(33-11-7-4-8-24(33)2)41(56)37(62-44)16-25-12-13-35(30(45)15-25)58-22-27(52)23-59-42(57)34-18-28(60-43-39(54)38(53)36(21-51)61-43)20-49(34)40(55)31(46)17-26-19-48-32-10-6-5-9-29(26)32/h4-13,15-16,19,27-28,31,34,36,38-39,43,48,51-54H,3,14,17-18,20-23,46H2,1-2H3/b37-16-,47-44?/t27-,28+,31+,34?,36+,38-,39+,43-/m0/s1. The summed E-state index contributed by atoms with van der Waals surface area (Å²) in [6.45, 7) is 3.08. The van der Waals surface area contributed by atoms with Crippen LogP contribution in [-0.4, -0.2) is 135 Å². The first kappa shape index (κ1) is 45.2. The maximum atomic E-state index is 13.9. The second kappa shape index (κ2) is 20.1. The van der Waals surface area contributed by atoms with Gasteiger partial charge < -0.3 is 55.0 Å². The number of esters is 1. The zero-order valence-electron chi connectivity index (χ0n) is 34.1. The number of aliphatic imine (C=N–C) groups is 1. The fourth-order valence-corrected chi connectivity index (χ4v) is 8.81. The van der Waals surface area contributed by atoms with Crippen molar-refractivity contribution in [2.75, 3.05) is 37.8 Å². The molecule has 330 valence electrons. The SMILES string of the molecule is CCCN=C1S/C(=C\c2ccc(OC[C@H](O)COC(=O)C3C[C@@H](O[C@H]4O[C@H](CO)[C@H](O)[C@H]4O)CN3C(=O)[C@H](N)Cc3c[nH]c4ccccc34)c(Cl)c2)C(=O)N1c1ccccc1C. The van der Waals surface area contributed by atoms with E-state index in [0.29, 0.717) is 22.2 Å². The monoisotopic (exact) mass is 891 g/mol. The highest BCUT2D eigenvalue weighted by Crippen LogP contribution is 2.38. The Hall–Kier alpha value is -4.82. The molecule has 18 heteroatoms. The van der Waals surface area contributed by atoms with Crippen LogP contribution in [0.15, 0.2) is 82.8 Å². The number of anilines is 1. The van der Waals surface area contributed by atoms with Crippen LogP contribution >= 0.6 is 23.4 Å². The van der Waals surface area contributed by atoms with E-state index in [0.717, 1.165) is 34.1 Å². The number of amidine groups is 1. The molecular formula is C44H50ClN5O11S. The van der Waals surface area contributed by atoms with Crippen molar-refractivity contribution in [1.82, 2.24) is 9.88 Å². The molecule has 3 saturated heterocycles. The predicted octanol–water partition coefficient (Wildman–Crippen LogP) is 3.29. The number of carbonyl (C=O) groups is 3. The first-order valence-electron chi connectivity index (χ1n) is 20.4. The topological polar surface area (TPSA) is 230 Å². The quantitative estimate of drug-likeness (QED) is 0.0702. The van der Waals surface area contributed by atoms with E-state index in [-0.39, 0.29) is 42.7 Å². The lowest BCUT2D eigenvalue weighted by atomic mass is 10.0. The first-order valence-corrected chi connectivity index (χ1v) is 21.6. The first-order chi connectivity index (χ1) is 29.9. The Morgan fingerprint density at radius 2 is 1.89 bits per heavy atom. The number of aryl methyl sites for hydroxylation is 1. The maximum Gasteiger partial charge on any atom is 0.329 e. The molecule has 3 fully saturated rings. The Bertz CT molecular complexity index is 2320. The Labute approximate surface area is 367 Å². The number of hydrogen-bond acceptors (Lipinski definition) is 14. The molecule has 0 saturated carbocycles. The molecule has 62 heavy (non-hydrogen) atoms. The van der Waals surface area contributed by atoms with Crippen molar-refractivity contribution in [3.63, 3.8) is 0 Å². The molecule has 3 aliphatic rings. The fraction of sp³-hybridized carbons (Fsp3) is 0.409. The molecule has 7 N–H and O–H groups in total. The van der Waals surface area contributed by atoms with Crippen molar-refractivity contribution in [3.8, 4) is 5.75 Å². The fourth-order valence-electron chi connectivity index (χ4n) is 7.57. The Balaban J connectivity index is 0.971. The van der Waals surface area contributed by atoms with Gasteiger partial charge in [-0.05, 0) is 78.6 Å². The van der Waals surface area contributed by atoms with E-state index < -0.39 is 74.0 Å². The van der Waals surface area contributed by atoms with Gasteiger partial charge in [0.2, 0.25) is 5.91 Å². The number of aliphatic hydroxyl groups is 4. The summed E-state index contributed by atoms with van der Waals surface area (Å²) >= 11 is 7.87. The number of para-hydroxylation sites is 2. The van der Waals surface area contributed by atoms with E-state index >= 15 is 0 Å². The molecule has 1 unspecified atom stereocenters. The number of nitrogens with one attached hydrogen (secondary N) is 1. The molecule has 4 aromatic rings. The van der Waals surface area contributed by atoms with E-state index in [2.05, 4.69) is 9.98 Å². The minimum atomic E-state index is -1.48. The normalized spacial score (nSPS) is 25.0. The molecule has 7 rings (SSSR count). The molecule has 16 nitrogen and oxygen atoms in total. The second-order valence-electron chi connectivity index (χ2n) is 15.4. The van der Waals surface area contributed by atoms with Gasteiger partial charge in [0, 0.05) is 36.6 Å². The number of amides is 2. The number of benzene rings is 3. The van der Waals surface area contributed by atoms with Crippen molar-refractivity contribution in [2.45, 2.75) is 82.0 Å². The summed E-state index contributed by atoms with van der Waals surface area (Å²) in [6.07, 6.45) is -2.99. The average Bonchev–Trinajstić information content (AvgIpc) is 4.03. The Morgan fingerprint density at radius 1 is 1.11 bits per heavy atom. The van der Waals surface area contributed by atoms with E-state index in [1.54, 1.807) is 35.4 Å². The van der Waals surface area contributed by atoms with Crippen molar-refractivity contribution < 1.29 is 53.8 Å². The number of halogens is 1. The summed E-state index contributed by atoms with van der Waals surface area (Å²) in [5.74, 6) is -1.33. The highest BCUT2D eigenvalue weighted by atomic mass is 35.5. The van der Waals surface area contributed by atoms with Gasteiger partial charge in [-0.1, -0.05) is 61.0 Å². The second-order valence-corrected chi connectivity index (χ2v) is 16.8. The molecule has 1 aromatic heterocycles. The number of hydrogen-bond donors (Lipinski definition) is 6. The van der Waals surface area contributed by atoms with Gasteiger partial charge in [0.25, 0.3) is 5.91 Å². The number of aromatic amines is 1. The molecular weight excluding hydrogens is 842 g/mol. The van der Waals surface area contributed by atoms with Crippen LogP contribution in [0.4, 0.5) is 5.69 Å². The Kier molecular flexibility index (Phi) is 14.7. The zero-order valence-corrected chi connectivity index (χ0v) is 35.7. The van der Waals surface area contributed by atoms with Crippen molar-refractivity contribution in [1.29, 1.82) is 0 Å². The summed E-state index contributed by atoms with van der Waals surface area (Å²) in [6, 6.07) is 17.9. The van der Waals surface area contributed by atoms with Gasteiger partial charge in [-0.3, -0.25) is 19.5 Å². The minimum absolute atomic E-state index is 0.0670. The van der Waals surface area contributed by atoms with Gasteiger partial charge >= 0.3 is 5.97 Å². The van der Waals surface area contributed by atoms with Crippen LogP contribution in [0.2, 0.25) is 5.02 Å². The molecule has 2 amide bonds. The number of nitrogens with two attached hydrogens (primary N) is 1. The lowest BCUT2D eigenvalue weighted by Crippen LogP contribution is -2.50. The average molecular weight is 892 g/mol. The van der Waals surface area contributed by atoms with Gasteiger partial charge in [0.1, 0.15) is 49.4 Å². The highest BCUT2D eigenvalue weighted by Gasteiger charge is 2.48. The minimum Gasteiger partial charge on any atom is -0.489 e. The van der Waals surface area contributed by atoms with Crippen molar-refractivity contribution in [2.24, 2.45) is 10.7 Å². The summed E-state index contributed by atoms with van der Waals surface area (Å²) in [7, 11) is 0. The predicted molar refractivity (Wildman–Crippen MR) is 233 cm³/mol. The molecule has 4 heterocycles. The van der Waals surface area contributed by atoms with Gasteiger partial charge in [0.15, 0.2) is 11.5 Å². The van der Waals surface area contributed by atoms with E-state index in [4.69, 9.17) is 36.3 Å². The zero-order chi connectivity index (χ0) is 44.1. The number of likely N-dealkylation sites (tertiary alicyclic amines) is 1. The van der Waals surface area contributed by atoms with Crippen LogP contribution in [-0.2, 0) is 35.0 Å². The largest absolute Gasteiger partial charge is 0.489 e. The summed E-state index contributed by atoms with van der Waals surface area (Å²) in [5, 5.41) is 42.7. The van der Waals surface area contributed by atoms with Crippen LogP contribution in [0.25, 0.3) is 17.0 Å². The molecule has 3 aliphatic heterocycles. The van der Waals surface area contributed by atoms with Gasteiger partial charge in [0.05, 0.1) is 34.4 Å². The maximum absolute atomic E-state index is 13.9. The molecule has 3 aromatic carbocycles. The molecule has 0 bridgehead atoms. The summed E-state index contributed by atoms with van der Waals surface area (Å²) in [5.41, 5.74) is 10.5. The van der Waals surface area contributed by atoms with Crippen LogP contribution < -0.4 is 15.4 Å². The summed E-state index contributed by atoms with van der Waals surface area (Å²) < 4.78 is 22.7. The third-order valence-electron chi connectivity index (χ3n) is 10.8. The Morgan fingerprint density at radius 3 is 2.63 bits per heavy atom. The lowest BCUT2D eigenvalue weighted by molar-refractivity contribution is -0.191. The number of H-pyrrole nitrogens is 1. The van der Waals surface area contributed by atoms with Crippen LogP contribution in [0.3, 0.4) is 0 Å². The number of fused-ring (bicyclic) bond motifs is 1.